The Labute approximate surface area is 264 Å². The fourth-order valence-corrected chi connectivity index (χ4v) is 4.60. The van der Waals surface area contributed by atoms with Gasteiger partial charge in [-0.2, -0.15) is 4.90 Å². The number of rotatable bonds is 10. The topological polar surface area (TPSA) is 136 Å². The van der Waals surface area contributed by atoms with Crippen LogP contribution in [0.3, 0.4) is 0 Å². The number of benzene rings is 2. The molecular formula is C34H45N3O8. The van der Waals surface area contributed by atoms with Gasteiger partial charge in [-0.05, 0) is 70.7 Å². The van der Waals surface area contributed by atoms with Crippen LogP contribution in [0, 0.1) is 5.92 Å². The molecule has 0 saturated carbocycles. The molecule has 0 spiro atoms. The van der Waals surface area contributed by atoms with E-state index in [4.69, 9.17) is 18.9 Å². The molecule has 0 aliphatic carbocycles. The Bertz CT molecular complexity index is 1460. The highest BCUT2D eigenvalue weighted by Gasteiger charge is 2.41. The molecule has 2 amide bonds. The minimum absolute atomic E-state index is 0.130. The highest BCUT2D eigenvalue weighted by molar-refractivity contribution is 5.98. The number of amides is 2. The number of aromatic nitrogens is 1. The van der Waals surface area contributed by atoms with Crippen LogP contribution >= 0.6 is 0 Å². The standard InChI is InChI=1S/C34H45N3O8/c1-21(2)28(30(39)43-20-22-14-11-10-12-15-22)36-25-17-13-16-24-27(25)23(19-35-24)18-26(29(38)42-9)37(31(40)44-33(3,4)5)32(41)45-34(6,7)8/h10-17,19,21,26,28,35-36H,18,20H2,1-9H3/t26-,28-/m0/s1. The Morgan fingerprint density at radius 1 is 0.844 bits per heavy atom. The molecular weight excluding hydrogens is 578 g/mol. The van der Waals surface area contributed by atoms with Crippen molar-refractivity contribution in [2.45, 2.75) is 91.7 Å². The first-order valence-electron chi connectivity index (χ1n) is 14.9. The van der Waals surface area contributed by atoms with E-state index in [-0.39, 0.29) is 18.9 Å². The number of imide groups is 1. The summed E-state index contributed by atoms with van der Waals surface area (Å²) in [6.45, 7) is 13.9. The van der Waals surface area contributed by atoms with Crippen LogP contribution in [0.2, 0.25) is 0 Å². The van der Waals surface area contributed by atoms with Crippen LogP contribution in [-0.4, -0.2) is 64.4 Å². The number of aromatic amines is 1. The van der Waals surface area contributed by atoms with Gasteiger partial charge in [0.05, 0.1) is 7.11 Å². The van der Waals surface area contributed by atoms with E-state index in [1.165, 1.54) is 7.11 Å². The largest absolute Gasteiger partial charge is 0.467 e. The number of methoxy groups -OCH3 is 1. The molecule has 0 aliphatic heterocycles. The zero-order chi connectivity index (χ0) is 33.5. The van der Waals surface area contributed by atoms with Gasteiger partial charge in [-0.1, -0.05) is 50.2 Å². The number of carbonyl (C=O) groups excluding carboxylic acids is 4. The van der Waals surface area contributed by atoms with Gasteiger partial charge in [-0.3, -0.25) is 0 Å². The van der Waals surface area contributed by atoms with E-state index < -0.39 is 47.4 Å². The van der Waals surface area contributed by atoms with Crippen molar-refractivity contribution in [3.63, 3.8) is 0 Å². The van der Waals surface area contributed by atoms with Gasteiger partial charge in [-0.25, -0.2) is 19.2 Å². The molecule has 45 heavy (non-hydrogen) atoms. The second kappa shape index (κ2) is 14.5. The third-order valence-electron chi connectivity index (χ3n) is 6.62. The maximum Gasteiger partial charge on any atom is 0.420 e. The summed E-state index contributed by atoms with van der Waals surface area (Å²) in [5, 5.41) is 4.00. The number of fused-ring (bicyclic) bond motifs is 1. The van der Waals surface area contributed by atoms with Crippen molar-refractivity contribution in [1.82, 2.24) is 9.88 Å². The van der Waals surface area contributed by atoms with E-state index in [1.807, 2.05) is 62.4 Å². The quantitative estimate of drug-likeness (QED) is 0.189. The van der Waals surface area contributed by atoms with E-state index in [1.54, 1.807) is 47.7 Å². The lowest BCUT2D eigenvalue weighted by atomic mass is 10.0. The minimum Gasteiger partial charge on any atom is -0.467 e. The molecule has 0 fully saturated rings. The second-order valence-corrected chi connectivity index (χ2v) is 13.1. The highest BCUT2D eigenvalue weighted by Crippen LogP contribution is 2.31. The predicted molar refractivity (Wildman–Crippen MR) is 171 cm³/mol. The fraction of sp³-hybridized carbons (Fsp3) is 0.471. The summed E-state index contributed by atoms with van der Waals surface area (Å²) >= 11 is 0. The van der Waals surface area contributed by atoms with E-state index in [0.29, 0.717) is 27.1 Å². The lowest BCUT2D eigenvalue weighted by Crippen LogP contribution is -2.53. The van der Waals surface area contributed by atoms with Gasteiger partial charge in [0.2, 0.25) is 0 Å². The van der Waals surface area contributed by atoms with Crippen molar-refractivity contribution < 1.29 is 38.1 Å². The summed E-state index contributed by atoms with van der Waals surface area (Å²) in [5.41, 5.74) is 0.842. The van der Waals surface area contributed by atoms with Crippen molar-refractivity contribution in [1.29, 1.82) is 0 Å². The third-order valence-corrected chi connectivity index (χ3v) is 6.62. The number of anilines is 1. The molecule has 2 aromatic carbocycles. The van der Waals surface area contributed by atoms with Crippen LogP contribution in [0.15, 0.2) is 54.7 Å². The molecule has 0 aliphatic rings. The molecule has 11 nitrogen and oxygen atoms in total. The Balaban J connectivity index is 2.00. The lowest BCUT2D eigenvalue weighted by molar-refractivity contribution is -0.147. The van der Waals surface area contributed by atoms with E-state index in [0.717, 1.165) is 5.56 Å². The van der Waals surface area contributed by atoms with Crippen LogP contribution in [0.4, 0.5) is 15.3 Å². The van der Waals surface area contributed by atoms with Crippen LogP contribution in [0.5, 0.6) is 0 Å². The number of hydrogen-bond donors (Lipinski definition) is 2. The van der Waals surface area contributed by atoms with E-state index in [2.05, 4.69) is 10.3 Å². The number of nitrogens with one attached hydrogen (secondary N) is 2. The smallest absolute Gasteiger partial charge is 0.420 e. The van der Waals surface area contributed by atoms with Crippen LogP contribution in [0.1, 0.15) is 66.5 Å². The summed E-state index contributed by atoms with van der Waals surface area (Å²) in [6, 6.07) is 12.8. The summed E-state index contributed by atoms with van der Waals surface area (Å²) in [6.07, 6.45) is -0.543. The highest BCUT2D eigenvalue weighted by atomic mass is 16.6. The molecule has 11 heteroatoms. The fourth-order valence-electron chi connectivity index (χ4n) is 4.60. The summed E-state index contributed by atoms with van der Waals surface area (Å²) in [5.74, 6) is -1.39. The molecule has 0 unspecified atom stereocenters. The minimum atomic E-state index is -1.43. The summed E-state index contributed by atoms with van der Waals surface area (Å²) in [4.78, 5) is 57.1. The van der Waals surface area contributed by atoms with Crippen molar-refractivity contribution in [3.8, 4) is 0 Å². The molecule has 2 N–H and O–H groups in total. The van der Waals surface area contributed by atoms with E-state index in [9.17, 15) is 19.2 Å². The van der Waals surface area contributed by atoms with Gasteiger partial charge in [0.15, 0.2) is 0 Å². The molecule has 244 valence electrons. The Hall–Kier alpha value is -4.54. The molecule has 3 aromatic rings. The average molecular weight is 624 g/mol. The Morgan fingerprint density at radius 3 is 1.98 bits per heavy atom. The molecule has 1 heterocycles. The maximum atomic E-state index is 13.4. The first kappa shape index (κ1) is 34.9. The van der Waals surface area contributed by atoms with Gasteiger partial charge in [0, 0.05) is 29.2 Å². The average Bonchev–Trinajstić information content (AvgIpc) is 3.35. The molecule has 1 aromatic heterocycles. The zero-order valence-corrected chi connectivity index (χ0v) is 27.6. The molecule has 0 saturated heterocycles. The summed E-state index contributed by atoms with van der Waals surface area (Å²) < 4.78 is 21.7. The zero-order valence-electron chi connectivity index (χ0n) is 27.6. The number of esters is 2. The Morgan fingerprint density at radius 2 is 1.44 bits per heavy atom. The number of H-pyrrole nitrogens is 1. The normalized spacial score (nSPS) is 13.1. The molecule has 3 rings (SSSR count). The number of ether oxygens (including phenoxy) is 4. The SMILES string of the molecule is COC(=O)[C@H](Cc1c[nH]c2cccc(N[C@H](C(=O)OCc3ccccc3)C(C)C)c12)N(C(=O)OC(C)(C)C)C(=O)OC(C)(C)C. The Kier molecular flexibility index (Phi) is 11.3. The lowest BCUT2D eigenvalue weighted by Gasteiger charge is -2.32. The van der Waals surface area contributed by atoms with Gasteiger partial charge in [0.1, 0.15) is 29.9 Å². The molecule has 0 radical (unpaired) electrons. The van der Waals surface area contributed by atoms with Gasteiger partial charge in [-0.15, -0.1) is 0 Å². The predicted octanol–water partition coefficient (Wildman–Crippen LogP) is 6.60. The first-order chi connectivity index (χ1) is 21.0. The van der Waals surface area contributed by atoms with Crippen LogP contribution in [0.25, 0.3) is 10.9 Å². The van der Waals surface area contributed by atoms with Crippen molar-refractivity contribution >= 4 is 40.7 Å². The van der Waals surface area contributed by atoms with E-state index >= 15 is 0 Å². The van der Waals surface area contributed by atoms with Crippen LogP contribution in [-0.2, 0) is 41.6 Å². The van der Waals surface area contributed by atoms with Crippen molar-refractivity contribution in [3.05, 3.63) is 65.9 Å². The first-order valence-corrected chi connectivity index (χ1v) is 14.9. The van der Waals surface area contributed by atoms with Crippen molar-refractivity contribution in [2.75, 3.05) is 12.4 Å². The van der Waals surface area contributed by atoms with Crippen LogP contribution < -0.4 is 5.32 Å². The summed E-state index contributed by atoms with van der Waals surface area (Å²) in [7, 11) is 1.17. The monoisotopic (exact) mass is 623 g/mol. The number of nitrogens with zero attached hydrogens (tertiary/aromatic N) is 1. The van der Waals surface area contributed by atoms with Gasteiger partial charge >= 0.3 is 24.1 Å². The van der Waals surface area contributed by atoms with Gasteiger partial charge < -0.3 is 29.2 Å². The number of hydrogen-bond acceptors (Lipinski definition) is 9. The molecule has 0 bridgehead atoms. The molecule has 2 atom stereocenters. The maximum absolute atomic E-state index is 13.4. The van der Waals surface area contributed by atoms with Gasteiger partial charge in [0.25, 0.3) is 0 Å². The van der Waals surface area contributed by atoms with Crippen molar-refractivity contribution in [2.24, 2.45) is 5.92 Å². The number of carbonyl (C=O) groups is 4. The second-order valence-electron chi connectivity index (χ2n) is 13.1. The third kappa shape index (κ3) is 9.72.